The Hall–Kier alpha value is -0.120. The van der Waals surface area contributed by atoms with Crippen LogP contribution in [0.1, 0.15) is 52.9 Å². The molecule has 100 valence electrons. The van der Waals surface area contributed by atoms with Crippen molar-refractivity contribution in [3.63, 3.8) is 0 Å². The fraction of sp³-hybridized carbons (Fsp3) is 1.00. The predicted molar refractivity (Wildman–Crippen MR) is 71.1 cm³/mol. The van der Waals surface area contributed by atoms with Gasteiger partial charge in [0.1, 0.15) is 0 Å². The maximum Gasteiger partial charge on any atom is 0.0743 e. The third-order valence-electron chi connectivity index (χ3n) is 4.68. The van der Waals surface area contributed by atoms with Crippen LogP contribution in [0.25, 0.3) is 0 Å². The first-order chi connectivity index (χ1) is 8.04. The van der Waals surface area contributed by atoms with Crippen LogP contribution in [-0.2, 0) is 0 Å². The van der Waals surface area contributed by atoms with Crippen LogP contribution in [0.4, 0.5) is 0 Å². The smallest absolute Gasteiger partial charge is 0.0743 e. The topological polar surface area (TPSA) is 35.5 Å². The SMILES string of the molecule is CCN(CC(C)(O)CC)C1CC2CCC(C1)N2. The second-order valence-electron chi connectivity index (χ2n) is 6.18. The molecule has 2 rings (SSSR count). The van der Waals surface area contributed by atoms with E-state index >= 15 is 0 Å². The lowest BCUT2D eigenvalue weighted by atomic mass is 9.95. The van der Waals surface area contributed by atoms with Crippen molar-refractivity contribution in [2.75, 3.05) is 13.1 Å². The van der Waals surface area contributed by atoms with Crippen LogP contribution in [0.2, 0.25) is 0 Å². The number of fused-ring (bicyclic) bond motifs is 2. The summed E-state index contributed by atoms with van der Waals surface area (Å²) in [7, 11) is 0. The molecule has 2 fully saturated rings. The van der Waals surface area contributed by atoms with Gasteiger partial charge < -0.3 is 10.4 Å². The molecule has 0 saturated carbocycles. The van der Waals surface area contributed by atoms with E-state index in [1.165, 1.54) is 25.7 Å². The molecule has 2 saturated heterocycles. The number of hydrogen-bond acceptors (Lipinski definition) is 3. The third-order valence-corrected chi connectivity index (χ3v) is 4.68. The molecule has 17 heavy (non-hydrogen) atoms. The average molecular weight is 240 g/mol. The van der Waals surface area contributed by atoms with Crippen molar-refractivity contribution < 1.29 is 5.11 Å². The van der Waals surface area contributed by atoms with E-state index in [0.717, 1.165) is 31.6 Å². The molecule has 2 N–H and O–H groups in total. The van der Waals surface area contributed by atoms with E-state index in [0.29, 0.717) is 6.04 Å². The van der Waals surface area contributed by atoms with Gasteiger partial charge in [-0.3, -0.25) is 4.90 Å². The highest BCUT2D eigenvalue weighted by Crippen LogP contribution is 2.30. The molecule has 0 aromatic heterocycles. The molecule has 0 spiro atoms. The summed E-state index contributed by atoms with van der Waals surface area (Å²) in [5.41, 5.74) is -0.528. The van der Waals surface area contributed by atoms with Crippen molar-refractivity contribution in [1.29, 1.82) is 0 Å². The van der Waals surface area contributed by atoms with E-state index in [-0.39, 0.29) is 0 Å². The highest BCUT2D eigenvalue weighted by molar-refractivity contribution is 4.96. The number of rotatable bonds is 5. The van der Waals surface area contributed by atoms with Crippen LogP contribution < -0.4 is 5.32 Å². The first kappa shape index (κ1) is 13.3. The number of nitrogens with zero attached hydrogens (tertiary/aromatic N) is 1. The van der Waals surface area contributed by atoms with E-state index < -0.39 is 5.60 Å². The summed E-state index contributed by atoms with van der Waals surface area (Å²) in [4.78, 5) is 2.50. The molecule has 0 aliphatic carbocycles. The van der Waals surface area contributed by atoms with E-state index in [1.54, 1.807) is 0 Å². The van der Waals surface area contributed by atoms with E-state index in [9.17, 15) is 5.11 Å². The summed E-state index contributed by atoms with van der Waals surface area (Å²) in [6.07, 6.45) is 6.07. The lowest BCUT2D eigenvalue weighted by Gasteiger charge is -2.40. The zero-order chi connectivity index (χ0) is 12.5. The Morgan fingerprint density at radius 1 is 1.24 bits per heavy atom. The predicted octanol–water partition coefficient (Wildman–Crippen LogP) is 1.75. The summed E-state index contributed by atoms with van der Waals surface area (Å²) in [5.74, 6) is 0. The Labute approximate surface area is 106 Å². The van der Waals surface area contributed by atoms with E-state index in [4.69, 9.17) is 0 Å². The summed E-state index contributed by atoms with van der Waals surface area (Å²) in [6, 6.07) is 2.15. The Balaban J connectivity index is 1.94. The Morgan fingerprint density at radius 2 is 1.82 bits per heavy atom. The molecule has 3 nitrogen and oxygen atoms in total. The van der Waals surface area contributed by atoms with Crippen molar-refractivity contribution in [1.82, 2.24) is 10.2 Å². The summed E-state index contributed by atoms with van der Waals surface area (Å²) in [6.45, 7) is 8.13. The summed E-state index contributed by atoms with van der Waals surface area (Å²) in [5, 5.41) is 13.9. The van der Waals surface area contributed by atoms with Gasteiger partial charge in [-0.15, -0.1) is 0 Å². The molecule has 3 heteroatoms. The molecule has 0 aromatic rings. The van der Waals surface area contributed by atoms with Crippen molar-refractivity contribution >= 4 is 0 Å². The lowest BCUT2D eigenvalue weighted by molar-refractivity contribution is -0.00276. The molecular formula is C14H28N2O. The van der Waals surface area contributed by atoms with E-state index in [2.05, 4.69) is 24.1 Å². The zero-order valence-electron chi connectivity index (χ0n) is 11.6. The largest absolute Gasteiger partial charge is 0.389 e. The van der Waals surface area contributed by atoms with Crippen LogP contribution >= 0.6 is 0 Å². The van der Waals surface area contributed by atoms with Gasteiger partial charge in [0.15, 0.2) is 0 Å². The molecule has 0 radical (unpaired) electrons. The molecule has 2 bridgehead atoms. The van der Waals surface area contributed by atoms with Gasteiger partial charge in [-0.2, -0.15) is 0 Å². The van der Waals surface area contributed by atoms with Crippen molar-refractivity contribution in [3.05, 3.63) is 0 Å². The van der Waals surface area contributed by atoms with Crippen molar-refractivity contribution in [2.45, 2.75) is 76.6 Å². The molecule has 3 atom stereocenters. The fourth-order valence-electron chi connectivity index (χ4n) is 3.37. The zero-order valence-corrected chi connectivity index (χ0v) is 11.6. The summed E-state index contributed by atoms with van der Waals surface area (Å²) >= 11 is 0. The van der Waals surface area contributed by atoms with Crippen LogP contribution in [0.3, 0.4) is 0 Å². The molecule has 3 unspecified atom stereocenters. The molecule has 2 aliphatic rings. The molecule has 2 aliphatic heterocycles. The normalized spacial score (nSPS) is 36.2. The minimum Gasteiger partial charge on any atom is -0.389 e. The van der Waals surface area contributed by atoms with Gasteiger partial charge in [0, 0.05) is 24.7 Å². The summed E-state index contributed by atoms with van der Waals surface area (Å²) < 4.78 is 0. The molecule has 0 amide bonds. The minimum atomic E-state index is -0.528. The Kier molecular flexibility index (Phi) is 4.11. The molecule has 0 aromatic carbocycles. The first-order valence-electron chi connectivity index (χ1n) is 7.26. The molecule has 2 heterocycles. The van der Waals surface area contributed by atoms with Gasteiger partial charge >= 0.3 is 0 Å². The highest BCUT2D eigenvalue weighted by atomic mass is 16.3. The van der Waals surface area contributed by atoms with Crippen LogP contribution in [-0.4, -0.2) is 46.8 Å². The number of likely N-dealkylation sites (N-methyl/N-ethyl adjacent to an activating group) is 1. The average Bonchev–Trinajstić information content (AvgIpc) is 2.65. The van der Waals surface area contributed by atoms with E-state index in [1.807, 2.05) is 6.92 Å². The van der Waals surface area contributed by atoms with Gasteiger partial charge in [0.25, 0.3) is 0 Å². The highest BCUT2D eigenvalue weighted by Gasteiger charge is 2.37. The van der Waals surface area contributed by atoms with Gasteiger partial charge in [-0.25, -0.2) is 0 Å². The number of hydrogen-bond donors (Lipinski definition) is 2. The second kappa shape index (κ2) is 5.25. The number of aliphatic hydroxyl groups is 1. The maximum atomic E-state index is 10.2. The quantitative estimate of drug-likeness (QED) is 0.768. The second-order valence-corrected chi connectivity index (χ2v) is 6.18. The minimum absolute atomic E-state index is 0.528. The van der Waals surface area contributed by atoms with Crippen molar-refractivity contribution in [3.8, 4) is 0 Å². The Bertz CT molecular complexity index is 243. The third kappa shape index (κ3) is 3.21. The fourth-order valence-corrected chi connectivity index (χ4v) is 3.37. The number of nitrogens with one attached hydrogen (secondary N) is 1. The lowest BCUT2D eigenvalue weighted by Crippen LogP contribution is -2.52. The van der Waals surface area contributed by atoms with Gasteiger partial charge in [-0.05, 0) is 45.6 Å². The van der Waals surface area contributed by atoms with Crippen molar-refractivity contribution in [2.24, 2.45) is 0 Å². The standard InChI is InChI=1S/C14H28N2O/c1-4-14(3,17)10-16(5-2)13-8-11-6-7-12(9-13)15-11/h11-13,15,17H,4-10H2,1-3H3. The maximum absolute atomic E-state index is 10.2. The molecular weight excluding hydrogens is 212 g/mol. The van der Waals surface area contributed by atoms with Gasteiger partial charge in [0.05, 0.1) is 5.60 Å². The van der Waals surface area contributed by atoms with Crippen LogP contribution in [0.15, 0.2) is 0 Å². The number of piperidine rings is 1. The van der Waals surface area contributed by atoms with Crippen LogP contribution in [0, 0.1) is 0 Å². The van der Waals surface area contributed by atoms with Crippen LogP contribution in [0.5, 0.6) is 0 Å². The Morgan fingerprint density at radius 3 is 2.29 bits per heavy atom. The first-order valence-corrected chi connectivity index (χ1v) is 7.26. The van der Waals surface area contributed by atoms with Gasteiger partial charge in [-0.1, -0.05) is 13.8 Å². The van der Waals surface area contributed by atoms with Gasteiger partial charge in [0.2, 0.25) is 0 Å². The monoisotopic (exact) mass is 240 g/mol.